The summed E-state index contributed by atoms with van der Waals surface area (Å²) in [6.07, 6.45) is 3.57. The molecule has 2 aromatic carbocycles. The number of hydrogen-bond acceptors (Lipinski definition) is 5. The predicted octanol–water partition coefficient (Wildman–Crippen LogP) is 5.31. The number of amides is 1. The van der Waals surface area contributed by atoms with Crippen molar-refractivity contribution in [1.29, 1.82) is 0 Å². The lowest BCUT2D eigenvalue weighted by atomic mass is 10.0. The first-order chi connectivity index (χ1) is 16.5. The zero-order chi connectivity index (χ0) is 23.8. The maximum atomic E-state index is 13.5. The molecular formula is C25H22ClN5O2S. The van der Waals surface area contributed by atoms with Crippen LogP contribution < -0.4 is 10.1 Å². The smallest absolute Gasteiger partial charge is 0.262 e. The summed E-state index contributed by atoms with van der Waals surface area (Å²) in [5, 5.41) is 9.32. The molecule has 0 fully saturated rings. The van der Waals surface area contributed by atoms with Crippen LogP contribution in [-0.4, -0.2) is 32.3 Å². The molecule has 5 rings (SSSR count). The number of methoxy groups -OCH3 is 1. The lowest BCUT2D eigenvalue weighted by molar-refractivity contribution is 0.0945. The number of nitrogens with one attached hydrogen (secondary N) is 1. The van der Waals surface area contributed by atoms with Gasteiger partial charge in [0.1, 0.15) is 22.4 Å². The van der Waals surface area contributed by atoms with Crippen molar-refractivity contribution in [2.24, 2.45) is 7.05 Å². The number of halogens is 1. The third kappa shape index (κ3) is 3.85. The molecule has 0 aliphatic heterocycles. The quantitative estimate of drug-likeness (QED) is 0.349. The van der Waals surface area contributed by atoms with Crippen LogP contribution in [0, 0.1) is 6.92 Å². The van der Waals surface area contributed by atoms with Crippen molar-refractivity contribution < 1.29 is 9.53 Å². The van der Waals surface area contributed by atoms with Gasteiger partial charge < -0.3 is 14.6 Å². The van der Waals surface area contributed by atoms with Gasteiger partial charge in [-0.15, -0.1) is 11.3 Å². The van der Waals surface area contributed by atoms with Crippen molar-refractivity contribution in [2.45, 2.75) is 13.0 Å². The largest absolute Gasteiger partial charge is 0.496 e. The molecule has 0 radical (unpaired) electrons. The number of para-hydroxylation sites is 2. The number of carbonyl (C=O) groups is 1. The summed E-state index contributed by atoms with van der Waals surface area (Å²) in [5.41, 5.74) is 2.43. The molecule has 0 saturated carbocycles. The van der Waals surface area contributed by atoms with Gasteiger partial charge in [0.15, 0.2) is 0 Å². The van der Waals surface area contributed by atoms with E-state index in [1.807, 2.05) is 79.3 Å². The summed E-state index contributed by atoms with van der Waals surface area (Å²) < 4.78 is 9.26. The number of benzene rings is 2. The first kappa shape index (κ1) is 22.2. The third-order valence-corrected chi connectivity index (χ3v) is 7.12. The van der Waals surface area contributed by atoms with Gasteiger partial charge in [-0.2, -0.15) is 5.10 Å². The Labute approximate surface area is 205 Å². The highest BCUT2D eigenvalue weighted by Gasteiger charge is 2.26. The molecule has 1 unspecified atom stereocenters. The number of ether oxygens (including phenoxy) is 1. The van der Waals surface area contributed by atoms with Crippen LogP contribution in [0.15, 0.2) is 67.0 Å². The molecule has 172 valence electrons. The zero-order valence-electron chi connectivity index (χ0n) is 18.8. The molecule has 1 amide bonds. The van der Waals surface area contributed by atoms with Gasteiger partial charge in [-0.25, -0.2) is 9.67 Å². The van der Waals surface area contributed by atoms with E-state index < -0.39 is 6.04 Å². The van der Waals surface area contributed by atoms with E-state index in [1.165, 1.54) is 11.3 Å². The van der Waals surface area contributed by atoms with Crippen LogP contribution in [0.5, 0.6) is 5.75 Å². The Bertz CT molecular complexity index is 1500. The number of rotatable bonds is 6. The topological polar surface area (TPSA) is 74.0 Å². The number of hydrogen-bond donors (Lipinski definition) is 1. The van der Waals surface area contributed by atoms with Crippen molar-refractivity contribution in [1.82, 2.24) is 24.6 Å². The molecule has 0 bridgehead atoms. The van der Waals surface area contributed by atoms with Gasteiger partial charge in [0.05, 0.1) is 28.4 Å². The number of imidazole rings is 1. The minimum absolute atomic E-state index is 0.204. The highest BCUT2D eigenvalue weighted by molar-refractivity contribution is 7.20. The molecule has 7 nitrogen and oxygen atoms in total. The van der Waals surface area contributed by atoms with E-state index in [0.29, 0.717) is 21.5 Å². The number of nitrogens with zero attached hydrogens (tertiary/aromatic N) is 4. The van der Waals surface area contributed by atoms with Crippen molar-refractivity contribution in [3.05, 3.63) is 94.0 Å². The number of fused-ring (bicyclic) bond motifs is 1. The van der Waals surface area contributed by atoms with Crippen LogP contribution >= 0.6 is 22.9 Å². The first-order valence-corrected chi connectivity index (χ1v) is 11.8. The monoisotopic (exact) mass is 491 g/mol. The van der Waals surface area contributed by atoms with Gasteiger partial charge in [-0.1, -0.05) is 41.9 Å². The number of aryl methyl sites for hydroxylation is 2. The Kier molecular flexibility index (Phi) is 5.85. The predicted molar refractivity (Wildman–Crippen MR) is 134 cm³/mol. The van der Waals surface area contributed by atoms with E-state index in [2.05, 4.69) is 15.4 Å². The Morgan fingerprint density at radius 1 is 1.18 bits per heavy atom. The lowest BCUT2D eigenvalue weighted by Gasteiger charge is -2.21. The fourth-order valence-corrected chi connectivity index (χ4v) is 5.28. The molecule has 0 saturated heterocycles. The van der Waals surface area contributed by atoms with Crippen LogP contribution in [0.4, 0.5) is 0 Å². The summed E-state index contributed by atoms with van der Waals surface area (Å²) in [5.74, 6) is 1.18. The second-order valence-corrected chi connectivity index (χ2v) is 9.26. The number of thiophene rings is 1. The van der Waals surface area contributed by atoms with Gasteiger partial charge in [-0.05, 0) is 31.2 Å². The molecule has 5 aromatic rings. The Balaban J connectivity index is 1.55. The van der Waals surface area contributed by atoms with Gasteiger partial charge in [0.2, 0.25) is 0 Å². The fraction of sp³-hybridized carbons (Fsp3) is 0.160. The molecule has 3 heterocycles. The zero-order valence-corrected chi connectivity index (χ0v) is 20.4. The molecule has 3 aromatic heterocycles. The standard InChI is InChI=1S/C25H22ClN5O2S/c1-15-17-14-21(34-25(17)31(29-15)19-10-6-5-9-18(19)26)24(32)28-22(23-27-12-13-30(23)2)16-8-4-7-11-20(16)33-3/h4-14,22H,1-3H3,(H,28,32). The van der Waals surface area contributed by atoms with Crippen molar-refractivity contribution in [3.63, 3.8) is 0 Å². The molecule has 0 spiro atoms. The van der Waals surface area contributed by atoms with Crippen LogP contribution in [0.25, 0.3) is 15.9 Å². The average Bonchev–Trinajstić information content (AvgIpc) is 3.54. The van der Waals surface area contributed by atoms with Crippen LogP contribution in [0.3, 0.4) is 0 Å². The van der Waals surface area contributed by atoms with Gasteiger partial charge in [0, 0.05) is 30.4 Å². The summed E-state index contributed by atoms with van der Waals surface area (Å²) in [4.78, 5) is 19.4. The van der Waals surface area contributed by atoms with E-state index in [0.717, 1.165) is 27.2 Å². The van der Waals surface area contributed by atoms with Gasteiger partial charge in [-0.3, -0.25) is 4.79 Å². The molecule has 0 aliphatic carbocycles. The highest BCUT2D eigenvalue weighted by Crippen LogP contribution is 2.34. The molecule has 34 heavy (non-hydrogen) atoms. The second-order valence-electron chi connectivity index (χ2n) is 7.82. The maximum absolute atomic E-state index is 13.5. The summed E-state index contributed by atoms with van der Waals surface area (Å²) >= 11 is 7.79. The maximum Gasteiger partial charge on any atom is 0.262 e. The number of aromatic nitrogens is 4. The first-order valence-electron chi connectivity index (χ1n) is 10.6. The van der Waals surface area contributed by atoms with E-state index in [1.54, 1.807) is 18.0 Å². The average molecular weight is 492 g/mol. The lowest BCUT2D eigenvalue weighted by Crippen LogP contribution is -2.31. The molecule has 1 atom stereocenters. The van der Waals surface area contributed by atoms with Crippen molar-refractivity contribution in [2.75, 3.05) is 7.11 Å². The summed E-state index contributed by atoms with van der Waals surface area (Å²) in [6, 6.07) is 16.5. The normalized spacial score (nSPS) is 12.1. The summed E-state index contributed by atoms with van der Waals surface area (Å²) in [7, 11) is 3.52. The van der Waals surface area contributed by atoms with Crippen molar-refractivity contribution in [3.8, 4) is 11.4 Å². The SMILES string of the molecule is COc1ccccc1C(NC(=O)c1cc2c(C)nn(-c3ccccc3Cl)c2s1)c1nccn1C. The minimum Gasteiger partial charge on any atom is -0.496 e. The van der Waals surface area contributed by atoms with E-state index >= 15 is 0 Å². The number of carbonyl (C=O) groups excluding carboxylic acids is 1. The Hall–Kier alpha value is -3.62. The van der Waals surface area contributed by atoms with E-state index in [4.69, 9.17) is 16.3 Å². The van der Waals surface area contributed by atoms with Gasteiger partial charge >= 0.3 is 0 Å². The molecule has 1 N–H and O–H groups in total. The van der Waals surface area contributed by atoms with E-state index in [-0.39, 0.29) is 5.91 Å². The molecule has 9 heteroatoms. The van der Waals surface area contributed by atoms with Gasteiger partial charge in [0.25, 0.3) is 5.91 Å². The van der Waals surface area contributed by atoms with Crippen LogP contribution in [-0.2, 0) is 7.05 Å². The molecule has 0 aliphatic rings. The van der Waals surface area contributed by atoms with E-state index in [9.17, 15) is 4.79 Å². The third-order valence-electron chi connectivity index (χ3n) is 5.69. The van der Waals surface area contributed by atoms with Crippen LogP contribution in [0.1, 0.15) is 32.8 Å². The Morgan fingerprint density at radius 3 is 2.68 bits per heavy atom. The summed E-state index contributed by atoms with van der Waals surface area (Å²) in [6.45, 7) is 1.93. The fourth-order valence-electron chi connectivity index (χ4n) is 3.99. The second kappa shape index (κ2) is 8.96. The van der Waals surface area contributed by atoms with Crippen molar-refractivity contribution >= 4 is 39.1 Å². The molecular weight excluding hydrogens is 470 g/mol. The van der Waals surface area contributed by atoms with Crippen LogP contribution in [0.2, 0.25) is 5.02 Å². The Morgan fingerprint density at radius 2 is 1.94 bits per heavy atom. The minimum atomic E-state index is -0.491. The highest BCUT2D eigenvalue weighted by atomic mass is 35.5.